The molecule has 2 unspecified atom stereocenters. The summed E-state index contributed by atoms with van der Waals surface area (Å²) in [5.74, 6) is 0.361. The summed E-state index contributed by atoms with van der Waals surface area (Å²) in [5.41, 5.74) is 0. The van der Waals surface area contributed by atoms with E-state index >= 15 is 0 Å². The minimum absolute atomic E-state index is 0.0478. The van der Waals surface area contributed by atoms with Gasteiger partial charge in [0.15, 0.2) is 0 Å². The fraction of sp³-hybridized carbons (Fsp3) is 0.812. The Bertz CT molecular complexity index is 308. The van der Waals surface area contributed by atoms with E-state index in [-0.39, 0.29) is 12.0 Å². The van der Waals surface area contributed by atoms with Gasteiger partial charge in [-0.1, -0.05) is 31.4 Å². The molecule has 1 saturated carbocycles. The van der Waals surface area contributed by atoms with Crippen molar-refractivity contribution < 1.29 is 9.53 Å². The number of ether oxygens (including phenoxy) is 1. The molecule has 0 aromatic heterocycles. The molecule has 0 bridgehead atoms. The average Bonchev–Trinajstić information content (AvgIpc) is 2.47. The van der Waals surface area contributed by atoms with Crippen LogP contribution in [0.25, 0.3) is 0 Å². The highest BCUT2D eigenvalue weighted by Crippen LogP contribution is 2.25. The first kappa shape index (κ1) is 14.6. The van der Waals surface area contributed by atoms with Crippen molar-refractivity contribution >= 4 is 5.97 Å². The molecular formula is C16H27NO2. The summed E-state index contributed by atoms with van der Waals surface area (Å²) in [6, 6.07) is 0.405. The lowest BCUT2D eigenvalue weighted by atomic mass is 9.86. The van der Waals surface area contributed by atoms with Crippen LogP contribution >= 0.6 is 0 Å². The van der Waals surface area contributed by atoms with E-state index in [0.29, 0.717) is 18.6 Å². The average molecular weight is 265 g/mol. The zero-order valence-corrected chi connectivity index (χ0v) is 12.1. The zero-order valence-electron chi connectivity index (χ0n) is 12.1. The molecule has 2 aliphatic carbocycles. The minimum atomic E-state index is -0.104. The second-order valence-corrected chi connectivity index (χ2v) is 5.78. The molecule has 2 rings (SSSR count). The number of carbonyl (C=O) groups excluding carboxylic acids is 1. The van der Waals surface area contributed by atoms with Crippen LogP contribution in [0.5, 0.6) is 0 Å². The number of esters is 1. The SMILES string of the molecule is CCOC(=O)C(NC1CCCCC1)C1CC=CCC1. The molecule has 108 valence electrons. The second-order valence-electron chi connectivity index (χ2n) is 5.78. The van der Waals surface area contributed by atoms with Gasteiger partial charge in [-0.15, -0.1) is 0 Å². The normalized spacial score (nSPS) is 26.1. The third-order valence-corrected chi connectivity index (χ3v) is 4.34. The van der Waals surface area contributed by atoms with Gasteiger partial charge in [0.25, 0.3) is 0 Å². The molecular weight excluding hydrogens is 238 g/mol. The van der Waals surface area contributed by atoms with Gasteiger partial charge < -0.3 is 10.1 Å². The van der Waals surface area contributed by atoms with Crippen LogP contribution in [0.15, 0.2) is 12.2 Å². The first-order valence-corrected chi connectivity index (χ1v) is 7.89. The van der Waals surface area contributed by atoms with Crippen LogP contribution in [0.2, 0.25) is 0 Å². The lowest BCUT2D eigenvalue weighted by Crippen LogP contribution is -2.49. The summed E-state index contributed by atoms with van der Waals surface area (Å²) in [5, 5.41) is 3.60. The molecule has 0 heterocycles. The third kappa shape index (κ3) is 4.34. The Morgan fingerprint density at radius 3 is 2.68 bits per heavy atom. The Balaban J connectivity index is 1.95. The van der Waals surface area contributed by atoms with Crippen molar-refractivity contribution in [2.45, 2.75) is 70.4 Å². The van der Waals surface area contributed by atoms with Gasteiger partial charge in [-0.2, -0.15) is 0 Å². The van der Waals surface area contributed by atoms with E-state index in [1.165, 1.54) is 32.1 Å². The van der Waals surface area contributed by atoms with Crippen LogP contribution in [0.4, 0.5) is 0 Å². The first-order valence-electron chi connectivity index (χ1n) is 7.89. The first-order chi connectivity index (χ1) is 9.31. The highest BCUT2D eigenvalue weighted by atomic mass is 16.5. The summed E-state index contributed by atoms with van der Waals surface area (Å²) in [7, 11) is 0. The number of nitrogens with one attached hydrogen (secondary N) is 1. The molecule has 3 nitrogen and oxygen atoms in total. The number of hydrogen-bond donors (Lipinski definition) is 1. The van der Waals surface area contributed by atoms with Crippen molar-refractivity contribution in [2.75, 3.05) is 6.61 Å². The maximum Gasteiger partial charge on any atom is 0.323 e. The van der Waals surface area contributed by atoms with Gasteiger partial charge in [0.05, 0.1) is 6.61 Å². The second kappa shape index (κ2) is 7.68. The van der Waals surface area contributed by atoms with Gasteiger partial charge in [0.1, 0.15) is 6.04 Å². The monoisotopic (exact) mass is 265 g/mol. The van der Waals surface area contributed by atoms with Crippen molar-refractivity contribution in [1.82, 2.24) is 5.32 Å². The van der Waals surface area contributed by atoms with Gasteiger partial charge in [0, 0.05) is 6.04 Å². The van der Waals surface area contributed by atoms with Gasteiger partial charge in [-0.05, 0) is 44.9 Å². The molecule has 1 fully saturated rings. The molecule has 2 atom stereocenters. The fourth-order valence-electron chi connectivity index (χ4n) is 3.27. The van der Waals surface area contributed by atoms with Crippen LogP contribution in [-0.2, 0) is 9.53 Å². The summed E-state index contributed by atoms with van der Waals surface area (Å²) in [6.45, 7) is 2.36. The smallest absolute Gasteiger partial charge is 0.323 e. The number of carbonyl (C=O) groups is 1. The molecule has 0 aromatic carbocycles. The molecule has 0 radical (unpaired) electrons. The Morgan fingerprint density at radius 1 is 1.26 bits per heavy atom. The predicted octanol–water partition coefficient (Wildman–Crippen LogP) is 3.20. The molecule has 2 aliphatic rings. The predicted molar refractivity (Wildman–Crippen MR) is 76.9 cm³/mol. The standard InChI is InChI=1S/C16H27NO2/c1-2-19-16(18)15(13-9-5-3-6-10-13)17-14-11-7-4-8-12-14/h3,5,13-15,17H,2,4,6-12H2,1H3. The molecule has 3 heteroatoms. The Labute approximate surface area is 116 Å². The molecule has 1 N–H and O–H groups in total. The van der Waals surface area contributed by atoms with Crippen LogP contribution in [-0.4, -0.2) is 24.7 Å². The summed E-state index contributed by atoms with van der Waals surface area (Å²) >= 11 is 0. The van der Waals surface area contributed by atoms with Crippen molar-refractivity contribution in [3.8, 4) is 0 Å². The van der Waals surface area contributed by atoms with Crippen LogP contribution in [0.3, 0.4) is 0 Å². The van der Waals surface area contributed by atoms with Crippen LogP contribution in [0.1, 0.15) is 58.3 Å². The third-order valence-electron chi connectivity index (χ3n) is 4.34. The Kier molecular flexibility index (Phi) is 5.90. The number of allylic oxidation sites excluding steroid dienone is 2. The van der Waals surface area contributed by atoms with Crippen molar-refractivity contribution in [2.24, 2.45) is 5.92 Å². The van der Waals surface area contributed by atoms with Crippen molar-refractivity contribution in [3.63, 3.8) is 0 Å². The quantitative estimate of drug-likeness (QED) is 0.613. The highest BCUT2D eigenvalue weighted by Gasteiger charge is 2.31. The lowest BCUT2D eigenvalue weighted by molar-refractivity contribution is -0.147. The number of rotatable bonds is 5. The Morgan fingerprint density at radius 2 is 2.05 bits per heavy atom. The topological polar surface area (TPSA) is 38.3 Å². The van der Waals surface area contributed by atoms with E-state index in [1.54, 1.807) is 0 Å². The molecule has 0 amide bonds. The van der Waals surface area contributed by atoms with E-state index in [1.807, 2.05) is 6.92 Å². The molecule has 0 aliphatic heterocycles. The van der Waals surface area contributed by atoms with Crippen molar-refractivity contribution in [1.29, 1.82) is 0 Å². The number of hydrogen-bond acceptors (Lipinski definition) is 3. The summed E-state index contributed by atoms with van der Waals surface area (Å²) in [6.07, 6.45) is 14.0. The van der Waals surface area contributed by atoms with E-state index in [2.05, 4.69) is 17.5 Å². The summed E-state index contributed by atoms with van der Waals surface area (Å²) in [4.78, 5) is 12.2. The van der Waals surface area contributed by atoms with E-state index in [9.17, 15) is 4.79 Å². The van der Waals surface area contributed by atoms with E-state index in [4.69, 9.17) is 4.74 Å². The molecule has 0 saturated heterocycles. The fourth-order valence-corrected chi connectivity index (χ4v) is 3.27. The minimum Gasteiger partial charge on any atom is -0.465 e. The van der Waals surface area contributed by atoms with Crippen molar-refractivity contribution in [3.05, 3.63) is 12.2 Å². The molecule has 0 spiro atoms. The highest BCUT2D eigenvalue weighted by molar-refractivity contribution is 5.76. The van der Waals surface area contributed by atoms with E-state index < -0.39 is 0 Å². The van der Waals surface area contributed by atoms with Gasteiger partial charge >= 0.3 is 5.97 Å². The zero-order chi connectivity index (χ0) is 13.5. The molecule has 19 heavy (non-hydrogen) atoms. The largest absolute Gasteiger partial charge is 0.465 e. The van der Waals surface area contributed by atoms with E-state index in [0.717, 1.165) is 19.3 Å². The van der Waals surface area contributed by atoms with Crippen LogP contribution < -0.4 is 5.32 Å². The summed E-state index contributed by atoms with van der Waals surface area (Å²) < 4.78 is 5.27. The lowest BCUT2D eigenvalue weighted by Gasteiger charge is -2.32. The van der Waals surface area contributed by atoms with Crippen LogP contribution in [0, 0.1) is 5.92 Å². The van der Waals surface area contributed by atoms with Gasteiger partial charge in [-0.25, -0.2) is 0 Å². The Hall–Kier alpha value is -0.830. The maximum absolute atomic E-state index is 12.2. The van der Waals surface area contributed by atoms with Gasteiger partial charge in [-0.3, -0.25) is 4.79 Å². The molecule has 0 aromatic rings. The maximum atomic E-state index is 12.2. The van der Waals surface area contributed by atoms with Gasteiger partial charge in [0.2, 0.25) is 0 Å².